The van der Waals surface area contributed by atoms with Gasteiger partial charge in [0.25, 0.3) is 0 Å². The molecule has 20 heavy (non-hydrogen) atoms. The van der Waals surface area contributed by atoms with Crippen molar-refractivity contribution in [3.8, 4) is 0 Å². The lowest BCUT2D eigenvalue weighted by atomic mass is 9.85. The molecule has 2 rings (SSSR count). The fourth-order valence-electron chi connectivity index (χ4n) is 3.17. The van der Waals surface area contributed by atoms with Gasteiger partial charge in [-0.1, -0.05) is 19.4 Å². The molecule has 2 unspecified atom stereocenters. The first-order valence-corrected chi connectivity index (χ1v) is 8.69. The Morgan fingerprint density at radius 2 is 2.40 bits per heavy atom. The molecule has 4 heteroatoms. The maximum Gasteiger partial charge on any atom is 0.0959 e. The van der Waals surface area contributed by atoms with Crippen LogP contribution in [0.1, 0.15) is 39.0 Å². The van der Waals surface area contributed by atoms with Crippen molar-refractivity contribution in [2.75, 3.05) is 18.9 Å². The molecule has 0 aromatic carbocycles. The Kier molecular flexibility index (Phi) is 6.33. The van der Waals surface area contributed by atoms with E-state index >= 15 is 0 Å². The molecule has 3 nitrogen and oxygen atoms in total. The van der Waals surface area contributed by atoms with E-state index in [4.69, 9.17) is 0 Å². The van der Waals surface area contributed by atoms with Crippen LogP contribution in [0.2, 0.25) is 0 Å². The van der Waals surface area contributed by atoms with E-state index in [1.165, 1.54) is 12.8 Å². The maximum absolute atomic E-state index is 9.85. The molecule has 2 N–H and O–H groups in total. The number of thioether (sulfide) groups is 1. The van der Waals surface area contributed by atoms with E-state index in [1.54, 1.807) is 0 Å². The van der Waals surface area contributed by atoms with Crippen LogP contribution in [0, 0.1) is 5.92 Å². The summed E-state index contributed by atoms with van der Waals surface area (Å²) in [7, 11) is 0. The first-order chi connectivity index (χ1) is 9.80. The molecule has 1 aromatic rings. The second-order valence-corrected chi connectivity index (χ2v) is 6.75. The summed E-state index contributed by atoms with van der Waals surface area (Å²) in [4.78, 5) is 4.35. The van der Waals surface area contributed by atoms with Gasteiger partial charge in [-0.3, -0.25) is 0 Å². The van der Waals surface area contributed by atoms with Gasteiger partial charge in [-0.25, -0.2) is 4.98 Å². The Morgan fingerprint density at radius 1 is 1.50 bits per heavy atom. The summed E-state index contributed by atoms with van der Waals surface area (Å²) in [5.74, 6) is 1.67. The van der Waals surface area contributed by atoms with Gasteiger partial charge in [0.2, 0.25) is 0 Å². The van der Waals surface area contributed by atoms with Crippen molar-refractivity contribution in [3.63, 3.8) is 0 Å². The van der Waals surface area contributed by atoms with Crippen LogP contribution in [0.25, 0.3) is 0 Å². The standard InChI is InChI=1S/C16H26N2OS/c1-2-10-18-16(13-19)9-5-6-14(16)8-12-20-15-7-3-4-11-17-15/h3-4,7,11,14,18-19H,2,5-6,8-10,12-13H2,1H3. The van der Waals surface area contributed by atoms with E-state index in [1.807, 2.05) is 30.1 Å². The molecule has 1 aliphatic carbocycles. The van der Waals surface area contributed by atoms with Crippen molar-refractivity contribution in [2.45, 2.75) is 49.6 Å². The monoisotopic (exact) mass is 294 g/mol. The predicted octanol–water partition coefficient (Wildman–Crippen LogP) is 3.09. The summed E-state index contributed by atoms with van der Waals surface area (Å²) < 4.78 is 0. The van der Waals surface area contributed by atoms with Gasteiger partial charge in [-0.05, 0) is 56.0 Å². The molecular formula is C16H26N2OS. The molecule has 1 aromatic heterocycles. The van der Waals surface area contributed by atoms with Crippen molar-refractivity contribution >= 4 is 11.8 Å². The van der Waals surface area contributed by atoms with Crippen LogP contribution in [0.3, 0.4) is 0 Å². The van der Waals surface area contributed by atoms with Crippen molar-refractivity contribution < 1.29 is 5.11 Å². The van der Waals surface area contributed by atoms with Gasteiger partial charge in [0.05, 0.1) is 11.6 Å². The zero-order valence-corrected chi connectivity index (χ0v) is 13.2. The largest absolute Gasteiger partial charge is 0.394 e. The number of hydrogen-bond donors (Lipinski definition) is 2. The molecule has 0 amide bonds. The lowest BCUT2D eigenvalue weighted by Crippen LogP contribution is -2.51. The van der Waals surface area contributed by atoms with E-state index in [2.05, 4.69) is 23.3 Å². The second-order valence-electron chi connectivity index (χ2n) is 5.64. The summed E-state index contributed by atoms with van der Waals surface area (Å²) in [6.45, 7) is 3.45. The summed E-state index contributed by atoms with van der Waals surface area (Å²) in [6.07, 6.45) is 7.70. The minimum atomic E-state index is -0.0271. The van der Waals surface area contributed by atoms with E-state index in [9.17, 15) is 5.11 Å². The van der Waals surface area contributed by atoms with Crippen LogP contribution in [-0.4, -0.2) is 34.5 Å². The Balaban J connectivity index is 1.84. The smallest absolute Gasteiger partial charge is 0.0959 e. The van der Waals surface area contributed by atoms with Crippen LogP contribution < -0.4 is 5.32 Å². The first kappa shape index (κ1) is 15.8. The highest BCUT2D eigenvalue weighted by Gasteiger charge is 2.41. The van der Waals surface area contributed by atoms with Gasteiger partial charge in [0.15, 0.2) is 0 Å². The molecule has 1 saturated carbocycles. The van der Waals surface area contributed by atoms with Crippen molar-refractivity contribution in [1.82, 2.24) is 10.3 Å². The van der Waals surface area contributed by atoms with Crippen LogP contribution >= 0.6 is 11.8 Å². The van der Waals surface area contributed by atoms with Gasteiger partial charge >= 0.3 is 0 Å². The number of aliphatic hydroxyl groups is 1. The zero-order chi connectivity index (χ0) is 14.3. The first-order valence-electron chi connectivity index (χ1n) is 7.70. The third-order valence-electron chi connectivity index (χ3n) is 4.32. The maximum atomic E-state index is 9.85. The molecule has 0 radical (unpaired) electrons. The minimum absolute atomic E-state index is 0.0271. The average molecular weight is 294 g/mol. The number of aromatic nitrogens is 1. The SMILES string of the molecule is CCCNC1(CO)CCCC1CCSc1ccccn1. The molecule has 0 bridgehead atoms. The number of pyridine rings is 1. The van der Waals surface area contributed by atoms with Crippen molar-refractivity contribution in [2.24, 2.45) is 5.92 Å². The third kappa shape index (κ3) is 3.96. The topological polar surface area (TPSA) is 45.1 Å². The molecule has 1 fully saturated rings. The number of aliphatic hydroxyl groups excluding tert-OH is 1. The van der Waals surface area contributed by atoms with Gasteiger partial charge < -0.3 is 10.4 Å². The van der Waals surface area contributed by atoms with Gasteiger partial charge in [0, 0.05) is 11.7 Å². The molecule has 2 atom stereocenters. The molecule has 0 saturated heterocycles. The highest BCUT2D eigenvalue weighted by atomic mass is 32.2. The Bertz CT molecular complexity index is 387. The summed E-state index contributed by atoms with van der Waals surface area (Å²) >= 11 is 1.82. The molecule has 112 valence electrons. The van der Waals surface area contributed by atoms with E-state index in [-0.39, 0.29) is 12.1 Å². The van der Waals surface area contributed by atoms with Crippen molar-refractivity contribution in [3.05, 3.63) is 24.4 Å². The Labute approximate surface area is 126 Å². The van der Waals surface area contributed by atoms with E-state index < -0.39 is 0 Å². The summed E-state index contributed by atoms with van der Waals surface area (Å²) in [5.41, 5.74) is -0.0271. The number of rotatable bonds is 8. The quantitative estimate of drug-likeness (QED) is 0.723. The molecule has 0 spiro atoms. The number of hydrogen-bond acceptors (Lipinski definition) is 4. The van der Waals surface area contributed by atoms with Crippen LogP contribution in [0.15, 0.2) is 29.4 Å². The Morgan fingerprint density at radius 3 is 3.10 bits per heavy atom. The zero-order valence-electron chi connectivity index (χ0n) is 12.3. The average Bonchev–Trinajstić information content (AvgIpc) is 2.90. The lowest BCUT2D eigenvalue weighted by molar-refractivity contribution is 0.122. The second kappa shape index (κ2) is 8.01. The highest BCUT2D eigenvalue weighted by molar-refractivity contribution is 7.99. The molecule has 0 aliphatic heterocycles. The predicted molar refractivity (Wildman–Crippen MR) is 85.0 cm³/mol. The summed E-state index contributed by atoms with van der Waals surface area (Å²) in [5, 5.41) is 14.6. The molecule has 1 heterocycles. The summed E-state index contributed by atoms with van der Waals surface area (Å²) in [6, 6.07) is 6.05. The van der Waals surface area contributed by atoms with Crippen molar-refractivity contribution in [1.29, 1.82) is 0 Å². The minimum Gasteiger partial charge on any atom is -0.394 e. The fourth-order valence-corrected chi connectivity index (χ4v) is 4.10. The fraction of sp³-hybridized carbons (Fsp3) is 0.688. The van der Waals surface area contributed by atoms with Gasteiger partial charge in [-0.2, -0.15) is 0 Å². The van der Waals surface area contributed by atoms with E-state index in [0.717, 1.165) is 36.6 Å². The molecular weight excluding hydrogens is 268 g/mol. The van der Waals surface area contributed by atoms with Crippen LogP contribution in [-0.2, 0) is 0 Å². The van der Waals surface area contributed by atoms with Gasteiger partial charge in [-0.15, -0.1) is 11.8 Å². The molecule has 1 aliphatic rings. The highest BCUT2D eigenvalue weighted by Crippen LogP contribution is 2.38. The van der Waals surface area contributed by atoms with Crippen LogP contribution in [0.5, 0.6) is 0 Å². The van der Waals surface area contributed by atoms with E-state index in [0.29, 0.717) is 5.92 Å². The Hall–Kier alpha value is -0.580. The third-order valence-corrected chi connectivity index (χ3v) is 5.30. The number of nitrogens with one attached hydrogen (secondary N) is 1. The number of nitrogens with zero attached hydrogens (tertiary/aromatic N) is 1. The normalized spacial score (nSPS) is 26.0. The van der Waals surface area contributed by atoms with Crippen LogP contribution in [0.4, 0.5) is 0 Å². The lowest BCUT2D eigenvalue weighted by Gasteiger charge is -2.35. The van der Waals surface area contributed by atoms with Gasteiger partial charge in [0.1, 0.15) is 0 Å².